The van der Waals surface area contributed by atoms with Crippen LogP contribution in [-0.4, -0.2) is 5.33 Å². The van der Waals surface area contributed by atoms with Crippen LogP contribution in [0.1, 0.15) is 16.4 Å². The lowest BCUT2D eigenvalue weighted by atomic mass is 9.97. The number of thiophene rings is 1. The van der Waals surface area contributed by atoms with Crippen molar-refractivity contribution in [3.05, 3.63) is 57.0 Å². The number of hydrogen-bond donors (Lipinski definition) is 0. The first-order chi connectivity index (χ1) is 8.19. The number of rotatable bonds is 4. The molecular weight excluding hydrogens is 323 g/mol. The second kappa shape index (κ2) is 5.98. The maximum Gasteiger partial charge on any atom is 0.123 e. The molecule has 2 rings (SSSR count). The van der Waals surface area contributed by atoms with E-state index in [1.165, 1.54) is 10.9 Å². The summed E-state index contributed by atoms with van der Waals surface area (Å²) in [6.07, 6.45) is 0.881. The number of alkyl halides is 1. The molecule has 2 aromatic rings. The van der Waals surface area contributed by atoms with Gasteiger partial charge >= 0.3 is 0 Å². The van der Waals surface area contributed by atoms with Gasteiger partial charge < -0.3 is 0 Å². The quantitative estimate of drug-likeness (QED) is 0.669. The minimum atomic E-state index is -0.183. The largest absolute Gasteiger partial charge is 0.207 e. The van der Waals surface area contributed by atoms with Gasteiger partial charge in [-0.25, -0.2) is 4.39 Å². The molecule has 0 nitrogen and oxygen atoms in total. The minimum Gasteiger partial charge on any atom is -0.207 e. The maximum atomic E-state index is 13.2. The van der Waals surface area contributed by atoms with Gasteiger partial charge in [0.1, 0.15) is 5.82 Å². The van der Waals surface area contributed by atoms with E-state index in [-0.39, 0.29) is 11.7 Å². The molecule has 0 amide bonds. The molecule has 0 spiro atoms. The summed E-state index contributed by atoms with van der Waals surface area (Å²) in [6.45, 7) is 0. The highest BCUT2D eigenvalue weighted by Gasteiger charge is 2.13. The molecule has 4 heteroatoms. The van der Waals surface area contributed by atoms with Crippen LogP contribution in [0.2, 0.25) is 4.34 Å². The fourth-order valence-corrected chi connectivity index (χ4v) is 3.50. The fourth-order valence-electron chi connectivity index (χ4n) is 1.73. The van der Waals surface area contributed by atoms with Crippen molar-refractivity contribution in [1.82, 2.24) is 0 Å². The van der Waals surface area contributed by atoms with Crippen LogP contribution in [0, 0.1) is 5.82 Å². The lowest BCUT2D eigenvalue weighted by Crippen LogP contribution is -2.03. The molecule has 1 aromatic heterocycles. The molecule has 1 heterocycles. The van der Waals surface area contributed by atoms with Gasteiger partial charge in [-0.15, -0.1) is 11.3 Å². The van der Waals surface area contributed by atoms with E-state index in [2.05, 4.69) is 15.9 Å². The van der Waals surface area contributed by atoms with Gasteiger partial charge in [-0.1, -0.05) is 39.7 Å². The van der Waals surface area contributed by atoms with Crippen molar-refractivity contribution in [1.29, 1.82) is 0 Å². The van der Waals surface area contributed by atoms with Crippen molar-refractivity contribution in [3.8, 4) is 0 Å². The first-order valence-corrected chi connectivity index (χ1v) is 7.56. The predicted molar refractivity (Wildman–Crippen MR) is 76.0 cm³/mol. The van der Waals surface area contributed by atoms with E-state index < -0.39 is 0 Å². The van der Waals surface area contributed by atoms with Crippen molar-refractivity contribution in [2.45, 2.75) is 12.3 Å². The zero-order valence-corrected chi connectivity index (χ0v) is 12.2. The van der Waals surface area contributed by atoms with Gasteiger partial charge in [0.25, 0.3) is 0 Å². The molecule has 0 aliphatic rings. The maximum absolute atomic E-state index is 13.2. The second-order valence-corrected chi connectivity index (χ2v) is 6.26. The van der Waals surface area contributed by atoms with Crippen LogP contribution in [0.3, 0.4) is 0 Å². The van der Waals surface area contributed by atoms with Crippen LogP contribution in [0.5, 0.6) is 0 Å². The molecule has 0 aliphatic carbocycles. The third-order valence-corrected chi connectivity index (χ3v) is 4.62. The Morgan fingerprint density at radius 1 is 1.29 bits per heavy atom. The summed E-state index contributed by atoms with van der Waals surface area (Å²) in [6, 6.07) is 10.7. The van der Waals surface area contributed by atoms with Crippen molar-refractivity contribution >= 4 is 38.9 Å². The summed E-state index contributed by atoms with van der Waals surface area (Å²) < 4.78 is 14.0. The molecule has 0 aliphatic heterocycles. The highest BCUT2D eigenvalue weighted by Crippen LogP contribution is 2.29. The summed E-state index contributed by atoms with van der Waals surface area (Å²) in [4.78, 5) is 1.23. The van der Waals surface area contributed by atoms with Gasteiger partial charge in [0, 0.05) is 10.2 Å². The Bertz CT molecular complexity index is 498. The standard InChI is InChI=1S/C13H11BrClFS/c14-8-10(7-12-4-5-13(15)17-12)9-2-1-3-11(16)6-9/h1-6,10H,7-8H2. The van der Waals surface area contributed by atoms with Crippen LogP contribution in [0.4, 0.5) is 4.39 Å². The van der Waals surface area contributed by atoms with Gasteiger partial charge in [-0.2, -0.15) is 0 Å². The van der Waals surface area contributed by atoms with Gasteiger partial charge in [0.2, 0.25) is 0 Å². The third-order valence-electron chi connectivity index (χ3n) is 2.58. The Morgan fingerprint density at radius 3 is 2.71 bits per heavy atom. The average Bonchev–Trinajstić information content (AvgIpc) is 2.72. The molecule has 0 saturated carbocycles. The number of hydrogen-bond acceptors (Lipinski definition) is 1. The lowest BCUT2D eigenvalue weighted by molar-refractivity contribution is 0.622. The Labute approximate surface area is 118 Å². The van der Waals surface area contributed by atoms with E-state index in [1.54, 1.807) is 23.5 Å². The number of benzene rings is 1. The second-order valence-electron chi connectivity index (χ2n) is 3.82. The molecule has 0 radical (unpaired) electrons. The molecule has 0 bridgehead atoms. The lowest BCUT2D eigenvalue weighted by Gasteiger charge is -2.13. The zero-order chi connectivity index (χ0) is 12.3. The molecule has 0 fully saturated rings. The van der Waals surface area contributed by atoms with Crippen molar-refractivity contribution in [2.24, 2.45) is 0 Å². The van der Waals surface area contributed by atoms with Crippen LogP contribution >= 0.6 is 38.9 Å². The SMILES string of the molecule is Fc1cccc(C(CBr)Cc2ccc(Cl)s2)c1. The summed E-state index contributed by atoms with van der Waals surface area (Å²) in [5, 5.41) is 0.811. The Hall–Kier alpha value is -0.380. The Kier molecular flexibility index (Phi) is 4.60. The monoisotopic (exact) mass is 332 g/mol. The highest BCUT2D eigenvalue weighted by molar-refractivity contribution is 9.09. The fraction of sp³-hybridized carbons (Fsp3) is 0.231. The predicted octanol–water partition coefficient (Wildman–Crippen LogP) is 5.26. The van der Waals surface area contributed by atoms with E-state index in [1.807, 2.05) is 18.2 Å². The molecule has 17 heavy (non-hydrogen) atoms. The van der Waals surface area contributed by atoms with E-state index >= 15 is 0 Å². The summed E-state index contributed by atoms with van der Waals surface area (Å²) in [5.41, 5.74) is 1.02. The Balaban J connectivity index is 2.16. The van der Waals surface area contributed by atoms with Crippen LogP contribution in [-0.2, 0) is 6.42 Å². The Morgan fingerprint density at radius 2 is 2.12 bits per heavy atom. The average molecular weight is 334 g/mol. The first kappa shape index (κ1) is 13.1. The molecule has 0 saturated heterocycles. The normalized spacial score (nSPS) is 12.6. The van der Waals surface area contributed by atoms with Gasteiger partial charge in [-0.3, -0.25) is 0 Å². The third kappa shape index (κ3) is 3.54. The molecule has 0 N–H and O–H groups in total. The summed E-state index contributed by atoms with van der Waals surface area (Å²) in [7, 11) is 0. The topological polar surface area (TPSA) is 0 Å². The summed E-state index contributed by atoms with van der Waals surface area (Å²) >= 11 is 11.0. The van der Waals surface area contributed by atoms with E-state index in [4.69, 9.17) is 11.6 Å². The van der Waals surface area contributed by atoms with Gasteiger partial charge in [0.05, 0.1) is 4.34 Å². The van der Waals surface area contributed by atoms with Crippen molar-refractivity contribution < 1.29 is 4.39 Å². The summed E-state index contributed by atoms with van der Waals surface area (Å²) in [5.74, 6) is 0.0954. The van der Waals surface area contributed by atoms with E-state index in [9.17, 15) is 4.39 Å². The van der Waals surface area contributed by atoms with Crippen molar-refractivity contribution in [2.75, 3.05) is 5.33 Å². The van der Waals surface area contributed by atoms with E-state index in [0.29, 0.717) is 0 Å². The molecule has 1 unspecified atom stereocenters. The van der Waals surface area contributed by atoms with Crippen LogP contribution < -0.4 is 0 Å². The molecular formula is C13H11BrClFS. The number of halogens is 3. The molecule has 1 atom stereocenters. The van der Waals surface area contributed by atoms with E-state index in [0.717, 1.165) is 21.7 Å². The first-order valence-electron chi connectivity index (χ1n) is 5.24. The smallest absolute Gasteiger partial charge is 0.123 e. The minimum absolute atomic E-state index is 0.183. The highest BCUT2D eigenvalue weighted by atomic mass is 79.9. The van der Waals surface area contributed by atoms with Gasteiger partial charge in [0.15, 0.2) is 0 Å². The molecule has 90 valence electrons. The zero-order valence-electron chi connectivity index (χ0n) is 9.00. The van der Waals surface area contributed by atoms with Crippen LogP contribution in [0.25, 0.3) is 0 Å². The van der Waals surface area contributed by atoms with Crippen molar-refractivity contribution in [3.63, 3.8) is 0 Å². The molecule has 1 aromatic carbocycles. The van der Waals surface area contributed by atoms with Gasteiger partial charge in [-0.05, 0) is 42.2 Å². The van der Waals surface area contributed by atoms with Crippen LogP contribution in [0.15, 0.2) is 36.4 Å².